The molecule has 0 unspecified atom stereocenters. The van der Waals surface area contributed by atoms with Crippen molar-refractivity contribution in [2.75, 3.05) is 0 Å². The summed E-state index contributed by atoms with van der Waals surface area (Å²) in [4.78, 5) is 0. The first-order chi connectivity index (χ1) is 13.7. The first-order valence-corrected chi connectivity index (χ1v) is 12.8. The largest absolute Gasteiger partial charge is 0.0654 e. The minimum atomic E-state index is 1.04. The van der Waals surface area contributed by atoms with E-state index in [9.17, 15) is 0 Å². The Morgan fingerprint density at radius 3 is 1.64 bits per heavy atom. The summed E-state index contributed by atoms with van der Waals surface area (Å²) in [5.74, 6) is 4.29. The molecule has 2 aliphatic rings. The topological polar surface area (TPSA) is 0 Å². The molecular formula is C28H46. The fraction of sp³-hybridized carbons (Fsp3) is 0.786. The molecule has 0 aromatic heterocycles. The van der Waals surface area contributed by atoms with Gasteiger partial charge in [-0.15, -0.1) is 0 Å². The standard InChI is InChI=1S/C28H46/c1-3-4-5-8-25-15-19-27(20-16-25)28-21-17-26(18-22-28)10-7-6-9-24-13-11-23(2)12-14-24/h11-14,25-28H,3-10,15-22H2,1-2H3. The van der Waals surface area contributed by atoms with Crippen molar-refractivity contribution in [1.29, 1.82) is 0 Å². The fourth-order valence-electron chi connectivity index (χ4n) is 6.10. The summed E-state index contributed by atoms with van der Waals surface area (Å²) in [6.07, 6.45) is 23.8. The number of aryl methyl sites for hydroxylation is 2. The summed E-state index contributed by atoms with van der Waals surface area (Å²) < 4.78 is 0. The van der Waals surface area contributed by atoms with Crippen LogP contribution in [0.25, 0.3) is 0 Å². The van der Waals surface area contributed by atoms with Crippen molar-refractivity contribution in [2.24, 2.45) is 23.7 Å². The Balaban J connectivity index is 1.25. The van der Waals surface area contributed by atoms with E-state index < -0.39 is 0 Å². The van der Waals surface area contributed by atoms with Gasteiger partial charge in [-0.2, -0.15) is 0 Å². The average Bonchev–Trinajstić information content (AvgIpc) is 2.74. The van der Waals surface area contributed by atoms with E-state index in [-0.39, 0.29) is 0 Å². The Hall–Kier alpha value is -0.780. The van der Waals surface area contributed by atoms with Crippen molar-refractivity contribution in [1.82, 2.24) is 0 Å². The zero-order valence-corrected chi connectivity index (χ0v) is 18.9. The highest BCUT2D eigenvalue weighted by atomic mass is 14.4. The van der Waals surface area contributed by atoms with Crippen LogP contribution in [0.2, 0.25) is 0 Å². The van der Waals surface area contributed by atoms with E-state index in [1.54, 1.807) is 38.5 Å². The van der Waals surface area contributed by atoms with Gasteiger partial charge in [0.2, 0.25) is 0 Å². The van der Waals surface area contributed by atoms with Crippen molar-refractivity contribution in [3.8, 4) is 0 Å². The van der Waals surface area contributed by atoms with Crippen molar-refractivity contribution < 1.29 is 0 Å². The average molecular weight is 383 g/mol. The van der Waals surface area contributed by atoms with Gasteiger partial charge >= 0.3 is 0 Å². The Kier molecular flexibility index (Phi) is 9.42. The van der Waals surface area contributed by atoms with E-state index in [4.69, 9.17) is 0 Å². The zero-order chi connectivity index (χ0) is 19.6. The van der Waals surface area contributed by atoms with Crippen molar-refractivity contribution in [3.63, 3.8) is 0 Å². The third-order valence-corrected chi connectivity index (χ3v) is 8.11. The molecule has 2 fully saturated rings. The minimum absolute atomic E-state index is 1.04. The van der Waals surface area contributed by atoms with Crippen molar-refractivity contribution >= 4 is 0 Å². The highest BCUT2D eigenvalue weighted by Gasteiger charge is 2.30. The molecule has 0 bridgehead atoms. The lowest BCUT2D eigenvalue weighted by molar-refractivity contribution is 0.139. The van der Waals surface area contributed by atoms with E-state index in [1.807, 2.05) is 0 Å². The maximum atomic E-state index is 2.33. The van der Waals surface area contributed by atoms with Gasteiger partial charge in [0.25, 0.3) is 0 Å². The summed E-state index contributed by atoms with van der Waals surface area (Å²) in [5.41, 5.74) is 2.91. The Morgan fingerprint density at radius 1 is 0.643 bits per heavy atom. The van der Waals surface area contributed by atoms with E-state index in [0.29, 0.717) is 0 Å². The number of unbranched alkanes of at least 4 members (excludes halogenated alkanes) is 3. The number of rotatable bonds is 10. The fourth-order valence-corrected chi connectivity index (χ4v) is 6.10. The van der Waals surface area contributed by atoms with Crippen LogP contribution < -0.4 is 0 Å². The molecule has 0 saturated heterocycles. The van der Waals surface area contributed by atoms with E-state index in [0.717, 1.165) is 23.7 Å². The molecule has 0 spiro atoms. The molecule has 0 aliphatic heterocycles. The number of hydrogen-bond acceptors (Lipinski definition) is 0. The second-order valence-electron chi connectivity index (χ2n) is 10.3. The predicted molar refractivity (Wildman–Crippen MR) is 124 cm³/mol. The summed E-state index contributed by atoms with van der Waals surface area (Å²) in [5, 5.41) is 0. The highest BCUT2D eigenvalue weighted by Crippen LogP contribution is 2.43. The third kappa shape index (κ3) is 7.23. The van der Waals surface area contributed by atoms with Crippen LogP contribution in [0.5, 0.6) is 0 Å². The number of benzene rings is 1. The molecule has 3 rings (SSSR count). The summed E-state index contributed by atoms with van der Waals surface area (Å²) in [7, 11) is 0. The molecule has 0 heterocycles. The van der Waals surface area contributed by atoms with Gasteiger partial charge in [0, 0.05) is 0 Å². The van der Waals surface area contributed by atoms with Crippen molar-refractivity contribution in [3.05, 3.63) is 35.4 Å². The second kappa shape index (κ2) is 12.0. The van der Waals surface area contributed by atoms with Gasteiger partial charge in [-0.3, -0.25) is 0 Å². The first kappa shape index (κ1) is 21.9. The molecule has 158 valence electrons. The van der Waals surface area contributed by atoms with Crippen LogP contribution in [-0.2, 0) is 6.42 Å². The molecule has 28 heavy (non-hydrogen) atoms. The molecule has 0 atom stereocenters. The quantitative estimate of drug-likeness (QED) is 0.354. The molecule has 2 aliphatic carbocycles. The van der Waals surface area contributed by atoms with E-state index in [1.165, 1.54) is 75.3 Å². The molecule has 0 radical (unpaired) electrons. The van der Waals surface area contributed by atoms with Crippen LogP contribution in [0.15, 0.2) is 24.3 Å². The van der Waals surface area contributed by atoms with Gasteiger partial charge in [-0.05, 0) is 74.7 Å². The van der Waals surface area contributed by atoms with Crippen LogP contribution in [0, 0.1) is 30.6 Å². The smallest absolute Gasteiger partial charge is 0.0279 e. The summed E-state index contributed by atoms with van der Waals surface area (Å²) >= 11 is 0. The molecule has 0 amide bonds. The van der Waals surface area contributed by atoms with Gasteiger partial charge in [0.1, 0.15) is 0 Å². The second-order valence-corrected chi connectivity index (χ2v) is 10.3. The van der Waals surface area contributed by atoms with Crippen LogP contribution in [0.1, 0.15) is 114 Å². The third-order valence-electron chi connectivity index (χ3n) is 8.11. The van der Waals surface area contributed by atoms with Crippen LogP contribution in [-0.4, -0.2) is 0 Å². The van der Waals surface area contributed by atoms with Gasteiger partial charge in [-0.25, -0.2) is 0 Å². The summed E-state index contributed by atoms with van der Waals surface area (Å²) in [6.45, 7) is 4.51. The molecule has 1 aromatic carbocycles. The molecule has 0 heteroatoms. The van der Waals surface area contributed by atoms with Crippen LogP contribution in [0.3, 0.4) is 0 Å². The maximum Gasteiger partial charge on any atom is -0.0279 e. The number of hydrogen-bond donors (Lipinski definition) is 0. The zero-order valence-electron chi connectivity index (χ0n) is 18.9. The van der Waals surface area contributed by atoms with Gasteiger partial charge in [0.05, 0.1) is 0 Å². The predicted octanol–water partition coefficient (Wildman–Crippen LogP) is 8.90. The SMILES string of the molecule is CCCCCC1CCC(C2CCC(CCCCc3ccc(C)cc3)CC2)CC1. The van der Waals surface area contributed by atoms with Crippen molar-refractivity contribution in [2.45, 2.75) is 117 Å². The summed E-state index contributed by atoms with van der Waals surface area (Å²) in [6, 6.07) is 9.16. The van der Waals surface area contributed by atoms with Crippen LogP contribution in [0.4, 0.5) is 0 Å². The molecule has 1 aromatic rings. The lowest BCUT2D eigenvalue weighted by Crippen LogP contribution is -2.25. The van der Waals surface area contributed by atoms with Gasteiger partial charge < -0.3 is 0 Å². The Morgan fingerprint density at radius 2 is 1.14 bits per heavy atom. The molecule has 0 nitrogen and oxygen atoms in total. The highest BCUT2D eigenvalue weighted by molar-refractivity contribution is 5.21. The molecule has 2 saturated carbocycles. The molecular weight excluding hydrogens is 336 g/mol. The first-order valence-electron chi connectivity index (χ1n) is 12.8. The van der Waals surface area contributed by atoms with Crippen LogP contribution >= 0.6 is 0 Å². The molecule has 0 N–H and O–H groups in total. The maximum absolute atomic E-state index is 2.33. The Bertz CT molecular complexity index is 511. The van der Waals surface area contributed by atoms with E-state index >= 15 is 0 Å². The van der Waals surface area contributed by atoms with E-state index in [2.05, 4.69) is 38.1 Å². The monoisotopic (exact) mass is 382 g/mol. The minimum Gasteiger partial charge on any atom is -0.0654 e. The lowest BCUT2D eigenvalue weighted by Gasteiger charge is -2.38. The van der Waals surface area contributed by atoms with Gasteiger partial charge in [0.15, 0.2) is 0 Å². The normalized spacial score (nSPS) is 28.4. The lowest BCUT2D eigenvalue weighted by atomic mass is 9.68. The Labute approximate surface area is 175 Å². The van der Waals surface area contributed by atoms with Gasteiger partial charge in [-0.1, -0.05) is 101 Å².